The molecule has 16 heavy (non-hydrogen) atoms. The fraction of sp³-hybridized carbons (Fsp3) is 0.571. The largest absolute Gasteiger partial charge is 0.310 e. The molecule has 0 spiro atoms. The highest BCUT2D eigenvalue weighted by molar-refractivity contribution is 5.85. The van der Waals surface area contributed by atoms with E-state index in [0.717, 1.165) is 0 Å². The summed E-state index contributed by atoms with van der Waals surface area (Å²) in [5.41, 5.74) is 2.93. The van der Waals surface area contributed by atoms with Crippen molar-refractivity contribution >= 4 is 12.4 Å². The second kappa shape index (κ2) is 6.27. The molecule has 1 nitrogen and oxygen atoms in total. The maximum atomic E-state index is 3.60. The van der Waals surface area contributed by atoms with Crippen molar-refractivity contribution in [2.75, 3.05) is 6.54 Å². The van der Waals surface area contributed by atoms with Crippen molar-refractivity contribution < 1.29 is 0 Å². The molecule has 2 heteroatoms. The quantitative estimate of drug-likeness (QED) is 0.821. The van der Waals surface area contributed by atoms with Gasteiger partial charge in [0.15, 0.2) is 0 Å². The van der Waals surface area contributed by atoms with Crippen LogP contribution in [0.5, 0.6) is 0 Å². The van der Waals surface area contributed by atoms with E-state index in [-0.39, 0.29) is 12.4 Å². The van der Waals surface area contributed by atoms with E-state index in [1.165, 1.54) is 36.9 Å². The minimum atomic E-state index is 0. The second-order valence-corrected chi connectivity index (χ2v) is 4.83. The number of halogens is 1. The molecule has 1 atom stereocenters. The Bertz CT molecular complexity index is 316. The number of benzene rings is 1. The monoisotopic (exact) mass is 239 g/mol. The number of hydrogen-bond donors (Lipinski definition) is 1. The van der Waals surface area contributed by atoms with Crippen LogP contribution in [-0.4, -0.2) is 6.54 Å². The third-order valence-corrected chi connectivity index (χ3v) is 3.29. The standard InChI is InChI=1S/C14H21N.ClH/c1-11(2)12-6-5-7-13(10-12)14-8-3-4-9-15-14;/h5-7,10-11,14-15H,3-4,8-9H2,1-2H3;1H/t14-;/m0./s1. The van der Waals surface area contributed by atoms with Crippen LogP contribution in [0.2, 0.25) is 0 Å². The van der Waals surface area contributed by atoms with Gasteiger partial charge >= 0.3 is 0 Å². The van der Waals surface area contributed by atoms with Gasteiger partial charge in [0, 0.05) is 6.04 Å². The molecule has 0 amide bonds. The molecule has 1 aromatic rings. The van der Waals surface area contributed by atoms with Crippen molar-refractivity contribution in [2.24, 2.45) is 0 Å². The zero-order valence-corrected chi connectivity index (χ0v) is 11.0. The van der Waals surface area contributed by atoms with Crippen molar-refractivity contribution in [3.8, 4) is 0 Å². The van der Waals surface area contributed by atoms with Gasteiger partial charge in [-0.25, -0.2) is 0 Å². The van der Waals surface area contributed by atoms with Gasteiger partial charge in [-0.15, -0.1) is 12.4 Å². The fourth-order valence-electron chi connectivity index (χ4n) is 2.27. The average molecular weight is 240 g/mol. The Balaban J connectivity index is 0.00000128. The Morgan fingerprint density at radius 1 is 1.25 bits per heavy atom. The van der Waals surface area contributed by atoms with Crippen LogP contribution in [0.25, 0.3) is 0 Å². The predicted molar refractivity (Wildman–Crippen MR) is 72.4 cm³/mol. The maximum Gasteiger partial charge on any atom is 0.0320 e. The van der Waals surface area contributed by atoms with E-state index in [4.69, 9.17) is 0 Å². The minimum Gasteiger partial charge on any atom is -0.310 e. The first-order valence-electron chi connectivity index (χ1n) is 6.10. The summed E-state index contributed by atoms with van der Waals surface area (Å²) in [6, 6.07) is 9.65. The lowest BCUT2D eigenvalue weighted by molar-refractivity contribution is 0.412. The van der Waals surface area contributed by atoms with Gasteiger partial charge in [0.25, 0.3) is 0 Å². The second-order valence-electron chi connectivity index (χ2n) is 4.83. The van der Waals surface area contributed by atoms with Crippen molar-refractivity contribution in [3.05, 3.63) is 35.4 Å². The molecule has 0 aromatic heterocycles. The van der Waals surface area contributed by atoms with Crippen LogP contribution >= 0.6 is 12.4 Å². The van der Waals surface area contributed by atoms with Gasteiger partial charge in [0.2, 0.25) is 0 Å². The Morgan fingerprint density at radius 3 is 2.69 bits per heavy atom. The van der Waals surface area contributed by atoms with E-state index in [9.17, 15) is 0 Å². The van der Waals surface area contributed by atoms with Crippen LogP contribution in [0.15, 0.2) is 24.3 Å². The zero-order valence-electron chi connectivity index (χ0n) is 10.2. The van der Waals surface area contributed by atoms with Crippen LogP contribution in [0.4, 0.5) is 0 Å². The summed E-state index contributed by atoms with van der Waals surface area (Å²) in [5, 5.41) is 3.60. The summed E-state index contributed by atoms with van der Waals surface area (Å²) in [6.45, 7) is 5.69. The molecule has 1 aromatic carbocycles. The topological polar surface area (TPSA) is 12.0 Å². The van der Waals surface area contributed by atoms with Gasteiger partial charge in [0.1, 0.15) is 0 Å². The highest BCUT2D eigenvalue weighted by Gasteiger charge is 2.14. The van der Waals surface area contributed by atoms with E-state index in [1.807, 2.05) is 0 Å². The summed E-state index contributed by atoms with van der Waals surface area (Å²) in [5.74, 6) is 0.633. The summed E-state index contributed by atoms with van der Waals surface area (Å²) < 4.78 is 0. The van der Waals surface area contributed by atoms with Gasteiger partial charge in [-0.05, 0) is 36.4 Å². The summed E-state index contributed by atoms with van der Waals surface area (Å²) >= 11 is 0. The molecule has 1 heterocycles. The molecular weight excluding hydrogens is 218 g/mol. The molecule has 0 radical (unpaired) electrons. The Kier molecular flexibility index (Phi) is 5.30. The van der Waals surface area contributed by atoms with E-state index in [2.05, 4.69) is 43.4 Å². The first-order valence-corrected chi connectivity index (χ1v) is 6.10. The number of piperidine rings is 1. The highest BCUT2D eigenvalue weighted by Crippen LogP contribution is 2.25. The van der Waals surface area contributed by atoms with Crippen LogP contribution in [0.3, 0.4) is 0 Å². The molecule has 2 rings (SSSR count). The molecule has 1 aliphatic heterocycles. The van der Waals surface area contributed by atoms with Gasteiger partial charge in [0.05, 0.1) is 0 Å². The van der Waals surface area contributed by atoms with Gasteiger partial charge in [-0.3, -0.25) is 0 Å². The molecule has 0 unspecified atom stereocenters. The molecule has 90 valence electrons. The van der Waals surface area contributed by atoms with Crippen molar-refractivity contribution in [1.29, 1.82) is 0 Å². The normalized spacial score (nSPS) is 20.6. The van der Waals surface area contributed by atoms with E-state index in [0.29, 0.717) is 12.0 Å². The minimum absolute atomic E-state index is 0. The average Bonchev–Trinajstić information content (AvgIpc) is 2.30. The fourth-order valence-corrected chi connectivity index (χ4v) is 2.27. The number of rotatable bonds is 2. The van der Waals surface area contributed by atoms with E-state index in [1.54, 1.807) is 0 Å². The van der Waals surface area contributed by atoms with Gasteiger partial charge in [-0.2, -0.15) is 0 Å². The Hall–Kier alpha value is -0.530. The van der Waals surface area contributed by atoms with Crippen molar-refractivity contribution in [3.63, 3.8) is 0 Å². The number of hydrogen-bond acceptors (Lipinski definition) is 1. The van der Waals surface area contributed by atoms with Gasteiger partial charge < -0.3 is 5.32 Å². The SMILES string of the molecule is CC(C)c1cccc([C@@H]2CCCCN2)c1.Cl. The molecule has 0 aliphatic carbocycles. The predicted octanol–water partition coefficient (Wildman–Crippen LogP) is 4.05. The summed E-state index contributed by atoms with van der Waals surface area (Å²) in [4.78, 5) is 0. The van der Waals surface area contributed by atoms with Crippen LogP contribution in [0, 0.1) is 0 Å². The molecule has 1 fully saturated rings. The lowest BCUT2D eigenvalue weighted by Crippen LogP contribution is -2.26. The highest BCUT2D eigenvalue weighted by atomic mass is 35.5. The maximum absolute atomic E-state index is 3.60. The third-order valence-electron chi connectivity index (χ3n) is 3.29. The van der Waals surface area contributed by atoms with Crippen LogP contribution in [0.1, 0.15) is 56.2 Å². The summed E-state index contributed by atoms with van der Waals surface area (Å²) in [6.07, 6.45) is 3.99. The molecule has 0 saturated carbocycles. The zero-order chi connectivity index (χ0) is 10.7. The van der Waals surface area contributed by atoms with E-state index < -0.39 is 0 Å². The summed E-state index contributed by atoms with van der Waals surface area (Å²) in [7, 11) is 0. The van der Waals surface area contributed by atoms with Crippen LogP contribution < -0.4 is 5.32 Å². The first-order chi connectivity index (χ1) is 7.27. The van der Waals surface area contributed by atoms with Crippen LogP contribution in [-0.2, 0) is 0 Å². The molecule has 1 N–H and O–H groups in total. The van der Waals surface area contributed by atoms with Crippen molar-refractivity contribution in [2.45, 2.75) is 45.1 Å². The molecule has 1 aliphatic rings. The van der Waals surface area contributed by atoms with E-state index >= 15 is 0 Å². The lowest BCUT2D eigenvalue weighted by Gasteiger charge is -2.24. The molecule has 0 bridgehead atoms. The lowest BCUT2D eigenvalue weighted by atomic mass is 9.93. The third kappa shape index (κ3) is 3.23. The number of nitrogens with one attached hydrogen (secondary N) is 1. The molecular formula is C14H22ClN. The first kappa shape index (κ1) is 13.5. The Labute approximate surface area is 105 Å². The van der Waals surface area contributed by atoms with Gasteiger partial charge in [-0.1, -0.05) is 44.5 Å². The van der Waals surface area contributed by atoms with Crippen molar-refractivity contribution in [1.82, 2.24) is 5.32 Å². The Morgan fingerprint density at radius 2 is 2.06 bits per heavy atom. The molecule has 1 saturated heterocycles. The smallest absolute Gasteiger partial charge is 0.0320 e.